The lowest BCUT2D eigenvalue weighted by Crippen LogP contribution is -2.36. The summed E-state index contributed by atoms with van der Waals surface area (Å²) in [6.07, 6.45) is 2.04. The van der Waals surface area contributed by atoms with Gasteiger partial charge in [0, 0.05) is 44.5 Å². The molecule has 0 aromatic heterocycles. The van der Waals surface area contributed by atoms with Crippen molar-refractivity contribution in [1.82, 2.24) is 9.80 Å². The predicted octanol–water partition coefficient (Wildman–Crippen LogP) is 2.35. The van der Waals surface area contributed by atoms with Crippen molar-refractivity contribution in [3.8, 4) is 0 Å². The molecule has 1 aromatic rings. The first kappa shape index (κ1) is 15.8. The molecular weight excluding hydrogens is 288 g/mol. The highest BCUT2D eigenvalue weighted by molar-refractivity contribution is 6.30. The van der Waals surface area contributed by atoms with Crippen molar-refractivity contribution >= 4 is 23.4 Å². The van der Waals surface area contributed by atoms with Gasteiger partial charge in [-0.1, -0.05) is 23.7 Å². The zero-order valence-electron chi connectivity index (χ0n) is 12.3. The maximum Gasteiger partial charge on any atom is 0.222 e. The van der Waals surface area contributed by atoms with Gasteiger partial charge < -0.3 is 9.80 Å². The zero-order chi connectivity index (χ0) is 15.2. The minimum absolute atomic E-state index is 0.0863. The molecular formula is C16H21ClN2O2. The van der Waals surface area contributed by atoms with E-state index in [4.69, 9.17) is 11.6 Å². The van der Waals surface area contributed by atoms with E-state index in [0.717, 1.165) is 25.1 Å². The molecule has 114 valence electrons. The minimum Gasteiger partial charge on any atom is -0.341 e. The molecule has 1 aliphatic heterocycles. The average molecular weight is 309 g/mol. The van der Waals surface area contributed by atoms with Crippen LogP contribution in [-0.4, -0.2) is 47.8 Å². The number of rotatable bonds is 3. The molecule has 2 rings (SSSR count). The van der Waals surface area contributed by atoms with Crippen LogP contribution in [0.3, 0.4) is 0 Å². The van der Waals surface area contributed by atoms with Crippen molar-refractivity contribution in [3.05, 3.63) is 34.9 Å². The number of amides is 2. The lowest BCUT2D eigenvalue weighted by Gasteiger charge is -2.21. The van der Waals surface area contributed by atoms with Crippen LogP contribution in [0.15, 0.2) is 24.3 Å². The number of benzene rings is 1. The third-order valence-electron chi connectivity index (χ3n) is 3.81. The Morgan fingerprint density at radius 2 is 1.86 bits per heavy atom. The molecule has 0 spiro atoms. The maximum absolute atomic E-state index is 12.3. The molecule has 2 amide bonds. The Labute approximate surface area is 130 Å². The monoisotopic (exact) mass is 308 g/mol. The van der Waals surface area contributed by atoms with Gasteiger partial charge in [-0.2, -0.15) is 0 Å². The van der Waals surface area contributed by atoms with Gasteiger partial charge in [-0.3, -0.25) is 9.59 Å². The summed E-state index contributed by atoms with van der Waals surface area (Å²) in [5, 5.41) is 0.701. The van der Waals surface area contributed by atoms with Gasteiger partial charge >= 0.3 is 0 Å². The quantitative estimate of drug-likeness (QED) is 0.860. The summed E-state index contributed by atoms with van der Waals surface area (Å²) in [7, 11) is 0. The topological polar surface area (TPSA) is 40.6 Å². The molecule has 1 fully saturated rings. The molecule has 0 radical (unpaired) electrons. The standard InChI is InChI=1S/C16H21ClN2O2/c1-13(20)18-8-3-9-19(11-10-18)16(21)7-6-14-4-2-5-15(17)12-14/h2,4-5,12H,3,6-11H2,1H3. The summed E-state index contributed by atoms with van der Waals surface area (Å²) in [6.45, 7) is 4.33. The molecule has 4 nitrogen and oxygen atoms in total. The van der Waals surface area contributed by atoms with Crippen molar-refractivity contribution in [1.29, 1.82) is 0 Å². The van der Waals surface area contributed by atoms with Crippen LogP contribution in [0.25, 0.3) is 0 Å². The summed E-state index contributed by atoms with van der Waals surface area (Å²) in [6, 6.07) is 7.62. The smallest absolute Gasteiger partial charge is 0.222 e. The van der Waals surface area contributed by atoms with Crippen molar-refractivity contribution in [3.63, 3.8) is 0 Å². The molecule has 0 bridgehead atoms. The molecule has 1 aliphatic rings. The summed E-state index contributed by atoms with van der Waals surface area (Å²) in [5.41, 5.74) is 1.08. The van der Waals surface area contributed by atoms with Gasteiger partial charge in [0.05, 0.1) is 0 Å². The normalized spacial score (nSPS) is 15.7. The zero-order valence-corrected chi connectivity index (χ0v) is 13.1. The average Bonchev–Trinajstić information content (AvgIpc) is 2.71. The fourth-order valence-electron chi connectivity index (χ4n) is 2.58. The van der Waals surface area contributed by atoms with Gasteiger partial charge in [-0.05, 0) is 30.5 Å². The molecule has 0 unspecified atom stereocenters. The van der Waals surface area contributed by atoms with Gasteiger partial charge in [0.2, 0.25) is 11.8 Å². The van der Waals surface area contributed by atoms with Crippen LogP contribution in [0.1, 0.15) is 25.3 Å². The second-order valence-corrected chi connectivity index (χ2v) is 5.81. The number of hydrogen-bond acceptors (Lipinski definition) is 2. The third-order valence-corrected chi connectivity index (χ3v) is 4.05. The lowest BCUT2D eigenvalue weighted by atomic mass is 10.1. The molecule has 0 saturated carbocycles. The predicted molar refractivity (Wildman–Crippen MR) is 83.2 cm³/mol. The first-order valence-electron chi connectivity index (χ1n) is 7.34. The summed E-state index contributed by atoms with van der Waals surface area (Å²) < 4.78 is 0. The SMILES string of the molecule is CC(=O)N1CCCN(C(=O)CCc2cccc(Cl)c2)CC1. The Hall–Kier alpha value is -1.55. The van der Waals surface area contributed by atoms with Gasteiger partial charge in [0.25, 0.3) is 0 Å². The van der Waals surface area contributed by atoms with E-state index < -0.39 is 0 Å². The number of nitrogens with zero attached hydrogens (tertiary/aromatic N) is 2. The molecule has 0 atom stereocenters. The van der Waals surface area contributed by atoms with Crippen molar-refractivity contribution in [2.45, 2.75) is 26.2 Å². The van der Waals surface area contributed by atoms with Crippen LogP contribution in [0.5, 0.6) is 0 Å². The van der Waals surface area contributed by atoms with Crippen LogP contribution in [-0.2, 0) is 16.0 Å². The van der Waals surface area contributed by atoms with Crippen LogP contribution >= 0.6 is 11.6 Å². The Morgan fingerprint density at radius 3 is 2.57 bits per heavy atom. The van der Waals surface area contributed by atoms with Crippen LogP contribution < -0.4 is 0 Å². The van der Waals surface area contributed by atoms with Gasteiger partial charge in [0.15, 0.2) is 0 Å². The first-order chi connectivity index (χ1) is 10.1. The summed E-state index contributed by atoms with van der Waals surface area (Å²) in [4.78, 5) is 27.3. The van der Waals surface area contributed by atoms with E-state index in [2.05, 4.69) is 0 Å². The highest BCUT2D eigenvalue weighted by Gasteiger charge is 2.19. The van der Waals surface area contributed by atoms with Crippen molar-refractivity contribution in [2.24, 2.45) is 0 Å². The fourth-order valence-corrected chi connectivity index (χ4v) is 2.80. The van der Waals surface area contributed by atoms with E-state index >= 15 is 0 Å². The van der Waals surface area contributed by atoms with Crippen molar-refractivity contribution < 1.29 is 9.59 Å². The van der Waals surface area contributed by atoms with E-state index in [0.29, 0.717) is 31.0 Å². The van der Waals surface area contributed by atoms with Gasteiger partial charge in [0.1, 0.15) is 0 Å². The lowest BCUT2D eigenvalue weighted by molar-refractivity contribution is -0.132. The number of halogens is 1. The number of carbonyl (C=O) groups excluding carboxylic acids is 2. The van der Waals surface area contributed by atoms with Crippen LogP contribution in [0.4, 0.5) is 0 Å². The highest BCUT2D eigenvalue weighted by Crippen LogP contribution is 2.13. The molecule has 1 aromatic carbocycles. The Kier molecular flexibility index (Phi) is 5.62. The van der Waals surface area contributed by atoms with Crippen LogP contribution in [0, 0.1) is 0 Å². The number of carbonyl (C=O) groups is 2. The Balaban J connectivity index is 1.84. The molecule has 1 heterocycles. The fraction of sp³-hybridized carbons (Fsp3) is 0.500. The number of aryl methyl sites for hydroxylation is 1. The summed E-state index contributed by atoms with van der Waals surface area (Å²) >= 11 is 5.94. The minimum atomic E-state index is 0.0863. The largest absolute Gasteiger partial charge is 0.341 e. The molecule has 0 N–H and O–H groups in total. The summed E-state index contributed by atoms with van der Waals surface area (Å²) in [5.74, 6) is 0.239. The van der Waals surface area contributed by atoms with Gasteiger partial charge in [-0.15, -0.1) is 0 Å². The molecule has 21 heavy (non-hydrogen) atoms. The van der Waals surface area contributed by atoms with E-state index in [1.807, 2.05) is 34.1 Å². The Bertz CT molecular complexity index is 519. The molecule has 1 saturated heterocycles. The second-order valence-electron chi connectivity index (χ2n) is 5.37. The van der Waals surface area contributed by atoms with E-state index in [9.17, 15) is 9.59 Å². The number of hydrogen-bond donors (Lipinski definition) is 0. The van der Waals surface area contributed by atoms with E-state index in [-0.39, 0.29) is 11.8 Å². The van der Waals surface area contributed by atoms with Crippen molar-refractivity contribution in [2.75, 3.05) is 26.2 Å². The molecule has 0 aliphatic carbocycles. The van der Waals surface area contributed by atoms with E-state index in [1.54, 1.807) is 6.92 Å². The third kappa shape index (κ3) is 4.74. The van der Waals surface area contributed by atoms with Gasteiger partial charge in [-0.25, -0.2) is 0 Å². The maximum atomic E-state index is 12.3. The Morgan fingerprint density at radius 1 is 1.14 bits per heavy atom. The second kappa shape index (κ2) is 7.46. The van der Waals surface area contributed by atoms with E-state index in [1.165, 1.54) is 0 Å². The first-order valence-corrected chi connectivity index (χ1v) is 7.72. The molecule has 5 heteroatoms. The highest BCUT2D eigenvalue weighted by atomic mass is 35.5. The van der Waals surface area contributed by atoms with Crippen LogP contribution in [0.2, 0.25) is 5.02 Å².